The molecular weight excluding hydrogens is 434 g/mol. The number of esters is 1. The molecule has 2 amide bonds. The van der Waals surface area contributed by atoms with Crippen LogP contribution in [-0.2, 0) is 16.1 Å². The van der Waals surface area contributed by atoms with Crippen LogP contribution >= 0.6 is 0 Å². The zero-order chi connectivity index (χ0) is 23.5. The number of nitrogens with zero attached hydrogens (tertiary/aromatic N) is 3. The molecule has 0 radical (unpaired) electrons. The van der Waals surface area contributed by atoms with Crippen LogP contribution in [0.1, 0.15) is 50.8 Å². The molecule has 4 bridgehead atoms. The Kier molecular flexibility index (Phi) is 6.21. The number of nitrogens with two attached hydrogens (primary N) is 1. The number of carbonyl (C=O) groups is 2. The fourth-order valence-electron chi connectivity index (χ4n) is 6.25. The van der Waals surface area contributed by atoms with E-state index < -0.39 is 5.97 Å². The Labute approximate surface area is 198 Å². The first kappa shape index (κ1) is 22.4. The molecule has 2 aromatic rings. The largest absolute Gasteiger partial charge is 0.457 e. The van der Waals surface area contributed by atoms with Crippen LogP contribution in [0, 0.1) is 17.8 Å². The number of anilines is 3. The smallest absolute Gasteiger partial charge is 0.315 e. The second-order valence-corrected chi connectivity index (χ2v) is 9.91. The molecular formula is C24H31N7O3. The second kappa shape index (κ2) is 9.44. The molecule has 34 heavy (non-hydrogen) atoms. The van der Waals surface area contributed by atoms with Crippen LogP contribution in [0.3, 0.4) is 0 Å². The first-order valence-electron chi connectivity index (χ1n) is 12.0. The van der Waals surface area contributed by atoms with Crippen molar-refractivity contribution in [3.8, 4) is 0 Å². The summed E-state index contributed by atoms with van der Waals surface area (Å²) in [5.41, 5.74) is 6.51. The molecule has 10 nitrogen and oxygen atoms in total. The summed E-state index contributed by atoms with van der Waals surface area (Å²) in [7, 11) is 0. The van der Waals surface area contributed by atoms with Gasteiger partial charge in [0, 0.05) is 17.8 Å². The molecule has 0 spiro atoms. The summed E-state index contributed by atoms with van der Waals surface area (Å²) < 4.78 is 5.26. The molecule has 4 saturated carbocycles. The van der Waals surface area contributed by atoms with Gasteiger partial charge >= 0.3 is 12.0 Å². The van der Waals surface area contributed by atoms with Crippen molar-refractivity contribution in [1.29, 1.82) is 0 Å². The van der Waals surface area contributed by atoms with Gasteiger partial charge in [0.1, 0.15) is 0 Å². The molecule has 10 heteroatoms. The molecule has 1 heterocycles. The molecule has 180 valence electrons. The fraction of sp³-hybridized carbons (Fsp3) is 0.542. The number of nitrogens with one attached hydrogen (secondary N) is 3. The number of aromatic nitrogens is 3. The van der Waals surface area contributed by atoms with E-state index in [2.05, 4.69) is 30.9 Å². The van der Waals surface area contributed by atoms with Crippen molar-refractivity contribution >= 4 is 29.6 Å². The van der Waals surface area contributed by atoms with Crippen LogP contribution in [0.25, 0.3) is 0 Å². The highest BCUT2D eigenvalue weighted by molar-refractivity contribution is 5.76. The Hall–Kier alpha value is -3.43. The third-order valence-corrected chi connectivity index (χ3v) is 7.12. The summed E-state index contributed by atoms with van der Waals surface area (Å²) >= 11 is 0. The lowest BCUT2D eigenvalue weighted by atomic mass is 9.53. The maximum Gasteiger partial charge on any atom is 0.315 e. The zero-order valence-corrected chi connectivity index (χ0v) is 19.1. The van der Waals surface area contributed by atoms with Gasteiger partial charge in [-0.25, -0.2) is 4.79 Å². The van der Waals surface area contributed by atoms with Gasteiger partial charge in [-0.2, -0.15) is 15.0 Å². The number of hydrogen-bond donors (Lipinski definition) is 4. The van der Waals surface area contributed by atoms with E-state index in [0.717, 1.165) is 42.7 Å². The lowest BCUT2D eigenvalue weighted by Gasteiger charge is -2.56. The third kappa shape index (κ3) is 5.37. The number of ether oxygens (including phenoxy) is 1. The van der Waals surface area contributed by atoms with Gasteiger partial charge in [-0.05, 0) is 68.4 Å². The van der Waals surface area contributed by atoms with Crippen molar-refractivity contribution in [1.82, 2.24) is 25.6 Å². The van der Waals surface area contributed by atoms with Crippen LogP contribution in [-0.4, -0.2) is 39.0 Å². The predicted molar refractivity (Wildman–Crippen MR) is 126 cm³/mol. The number of benzene rings is 1. The number of hydrogen-bond acceptors (Lipinski definition) is 8. The Morgan fingerprint density at radius 2 is 1.68 bits per heavy atom. The van der Waals surface area contributed by atoms with Crippen molar-refractivity contribution < 1.29 is 14.3 Å². The third-order valence-electron chi connectivity index (χ3n) is 7.12. The van der Waals surface area contributed by atoms with Crippen molar-refractivity contribution in [2.75, 3.05) is 17.6 Å². The normalized spacial score (nSPS) is 26.6. The molecule has 4 aliphatic rings. The highest BCUT2D eigenvalue weighted by Gasteiger charge is 2.51. The van der Waals surface area contributed by atoms with E-state index in [1.807, 2.05) is 30.3 Å². The molecule has 0 atom stereocenters. The molecule has 0 unspecified atom stereocenters. The average Bonchev–Trinajstić information content (AvgIpc) is 2.77. The molecule has 5 N–H and O–H groups in total. The van der Waals surface area contributed by atoms with E-state index >= 15 is 0 Å². The molecule has 4 aliphatic carbocycles. The molecule has 0 saturated heterocycles. The van der Waals surface area contributed by atoms with E-state index in [0.29, 0.717) is 0 Å². The van der Waals surface area contributed by atoms with Crippen LogP contribution in [0.4, 0.5) is 22.4 Å². The van der Waals surface area contributed by atoms with Gasteiger partial charge in [0.05, 0.1) is 6.42 Å². The van der Waals surface area contributed by atoms with Crippen LogP contribution in [0.15, 0.2) is 30.3 Å². The molecule has 6 rings (SSSR count). The topological polar surface area (TPSA) is 144 Å². The Morgan fingerprint density at radius 1 is 1.00 bits per heavy atom. The molecule has 1 aromatic carbocycles. The first-order valence-corrected chi connectivity index (χ1v) is 12.0. The maximum absolute atomic E-state index is 12.5. The Balaban J connectivity index is 1.05. The van der Waals surface area contributed by atoms with Gasteiger partial charge in [-0.15, -0.1) is 0 Å². The molecule has 0 aliphatic heterocycles. The predicted octanol–water partition coefficient (Wildman–Crippen LogP) is 2.90. The maximum atomic E-state index is 12.5. The zero-order valence-electron chi connectivity index (χ0n) is 19.1. The van der Waals surface area contributed by atoms with Gasteiger partial charge in [-0.3, -0.25) is 4.79 Å². The van der Waals surface area contributed by atoms with E-state index in [-0.39, 0.29) is 48.9 Å². The van der Waals surface area contributed by atoms with Crippen molar-refractivity contribution in [2.24, 2.45) is 17.8 Å². The standard InChI is InChI=1S/C24H31N7O3/c25-21-28-19(29-22(30-21)27-18-4-2-1-3-5-18)14-34-20(32)6-7-26-23(33)31-24-11-15-8-16(12-24)10-17(9-15)13-24/h1-5,15-17H,6-14H2,(H2,26,31,33)(H3,25,27,28,29,30). The number of carbonyl (C=O) groups excluding carboxylic acids is 2. The van der Waals surface area contributed by atoms with Gasteiger partial charge < -0.3 is 26.4 Å². The van der Waals surface area contributed by atoms with Crippen LogP contribution < -0.4 is 21.7 Å². The summed E-state index contributed by atoms with van der Waals surface area (Å²) in [4.78, 5) is 37.0. The lowest BCUT2D eigenvalue weighted by Crippen LogP contribution is -2.61. The number of nitrogen functional groups attached to an aromatic ring is 1. The van der Waals surface area contributed by atoms with Crippen molar-refractivity contribution in [3.63, 3.8) is 0 Å². The van der Waals surface area contributed by atoms with Gasteiger partial charge in [0.15, 0.2) is 12.4 Å². The number of para-hydroxylation sites is 1. The molecule has 1 aromatic heterocycles. The van der Waals surface area contributed by atoms with E-state index in [1.165, 1.54) is 19.3 Å². The fourth-order valence-corrected chi connectivity index (χ4v) is 6.25. The summed E-state index contributed by atoms with van der Waals surface area (Å²) in [6, 6.07) is 9.20. The minimum absolute atomic E-state index is 0.0301. The quantitative estimate of drug-likeness (QED) is 0.436. The summed E-state index contributed by atoms with van der Waals surface area (Å²) in [5, 5.41) is 9.08. The van der Waals surface area contributed by atoms with E-state index in [1.54, 1.807) is 0 Å². The monoisotopic (exact) mass is 465 g/mol. The summed E-state index contributed by atoms with van der Waals surface area (Å²) in [6.45, 7) is 0.0751. The number of urea groups is 1. The van der Waals surface area contributed by atoms with Gasteiger partial charge in [0.25, 0.3) is 0 Å². The van der Waals surface area contributed by atoms with E-state index in [4.69, 9.17) is 10.5 Å². The summed E-state index contributed by atoms with van der Waals surface area (Å²) in [6.07, 6.45) is 7.30. The number of amides is 2. The second-order valence-electron chi connectivity index (χ2n) is 9.91. The number of rotatable bonds is 8. The Morgan fingerprint density at radius 3 is 2.35 bits per heavy atom. The van der Waals surface area contributed by atoms with Gasteiger partial charge in [-0.1, -0.05) is 18.2 Å². The van der Waals surface area contributed by atoms with Crippen LogP contribution in [0.5, 0.6) is 0 Å². The van der Waals surface area contributed by atoms with E-state index in [9.17, 15) is 9.59 Å². The summed E-state index contributed by atoms with van der Waals surface area (Å²) in [5.74, 6) is 2.37. The molecule has 4 fully saturated rings. The minimum Gasteiger partial charge on any atom is -0.457 e. The highest BCUT2D eigenvalue weighted by atomic mass is 16.5. The Bertz CT molecular complexity index is 1010. The highest BCUT2D eigenvalue weighted by Crippen LogP contribution is 2.55. The first-order chi connectivity index (χ1) is 16.4. The SMILES string of the molecule is Nc1nc(COC(=O)CCNC(=O)NC23CC4CC(CC(C4)C2)C3)nc(Nc2ccccc2)n1. The van der Waals surface area contributed by atoms with Crippen molar-refractivity contribution in [2.45, 2.75) is 57.1 Å². The minimum atomic E-state index is -0.452. The van der Waals surface area contributed by atoms with Crippen LogP contribution in [0.2, 0.25) is 0 Å². The van der Waals surface area contributed by atoms with Crippen molar-refractivity contribution in [3.05, 3.63) is 36.2 Å². The van der Waals surface area contributed by atoms with Gasteiger partial charge in [0.2, 0.25) is 11.9 Å². The lowest BCUT2D eigenvalue weighted by molar-refractivity contribution is -0.145. The average molecular weight is 466 g/mol.